The van der Waals surface area contributed by atoms with Crippen molar-refractivity contribution >= 4 is 34.7 Å². The second-order valence-corrected chi connectivity index (χ2v) is 6.76. The molecule has 3 N–H and O–H groups in total. The van der Waals surface area contributed by atoms with Crippen LogP contribution in [0, 0.1) is 0 Å². The van der Waals surface area contributed by atoms with E-state index in [2.05, 4.69) is 20.6 Å². The number of rotatable bonds is 3. The van der Waals surface area contributed by atoms with Gasteiger partial charge in [0.2, 0.25) is 0 Å². The number of fused-ring (bicyclic) bond motifs is 1. The molecular weight excluding hydrogens is 332 g/mol. The van der Waals surface area contributed by atoms with Crippen molar-refractivity contribution in [3.63, 3.8) is 0 Å². The third-order valence-electron chi connectivity index (χ3n) is 3.39. The Hall–Kier alpha value is -3.35. The largest absolute Gasteiger partial charge is 0.444 e. The van der Waals surface area contributed by atoms with Gasteiger partial charge in [-0.2, -0.15) is 0 Å². The highest BCUT2D eigenvalue weighted by Gasteiger charge is 2.17. The maximum absolute atomic E-state index is 12.2. The third kappa shape index (κ3) is 4.38. The molecule has 2 heterocycles. The summed E-state index contributed by atoms with van der Waals surface area (Å²) in [6, 6.07) is 14.1. The van der Waals surface area contributed by atoms with Crippen LogP contribution in [0.4, 0.5) is 16.4 Å². The fourth-order valence-electron chi connectivity index (χ4n) is 2.34. The van der Waals surface area contributed by atoms with E-state index in [1.54, 1.807) is 63.2 Å². The van der Waals surface area contributed by atoms with Gasteiger partial charge in [-0.3, -0.25) is 10.1 Å². The van der Waals surface area contributed by atoms with Crippen LogP contribution in [0.3, 0.4) is 0 Å². The summed E-state index contributed by atoms with van der Waals surface area (Å²) in [7, 11) is 0. The van der Waals surface area contributed by atoms with E-state index >= 15 is 0 Å². The standard InChI is InChI=1S/C19H20N4O3/c1-19(2,3)26-18(25)23-15-10-9-13-14(21-15)11-16(20-13)22-17(24)12-7-5-4-6-8-12/h4-11,20H,1-3H3,(H,22,24)(H,21,23,25). The van der Waals surface area contributed by atoms with E-state index < -0.39 is 11.7 Å². The van der Waals surface area contributed by atoms with Gasteiger partial charge in [0.25, 0.3) is 5.91 Å². The Balaban J connectivity index is 1.73. The summed E-state index contributed by atoms with van der Waals surface area (Å²) in [5.41, 5.74) is 1.33. The van der Waals surface area contributed by atoms with Gasteiger partial charge < -0.3 is 15.0 Å². The number of carbonyl (C=O) groups is 2. The summed E-state index contributed by atoms with van der Waals surface area (Å²) >= 11 is 0. The lowest BCUT2D eigenvalue weighted by molar-refractivity contribution is 0.0635. The van der Waals surface area contributed by atoms with Gasteiger partial charge in [-0.25, -0.2) is 9.78 Å². The lowest BCUT2D eigenvalue weighted by atomic mass is 10.2. The summed E-state index contributed by atoms with van der Waals surface area (Å²) in [6.07, 6.45) is -0.572. The molecule has 0 aliphatic rings. The Bertz CT molecular complexity index is 942. The number of ether oxygens (including phenoxy) is 1. The van der Waals surface area contributed by atoms with E-state index in [0.29, 0.717) is 22.7 Å². The minimum Gasteiger partial charge on any atom is -0.444 e. The molecule has 0 spiro atoms. The van der Waals surface area contributed by atoms with Crippen molar-refractivity contribution in [3.05, 3.63) is 54.1 Å². The lowest BCUT2D eigenvalue weighted by Crippen LogP contribution is -2.27. The summed E-state index contributed by atoms with van der Waals surface area (Å²) in [5, 5.41) is 5.39. The fraction of sp³-hybridized carbons (Fsp3) is 0.211. The minimum absolute atomic E-state index is 0.218. The topological polar surface area (TPSA) is 96.1 Å². The molecule has 0 unspecified atom stereocenters. The van der Waals surface area contributed by atoms with Gasteiger partial charge in [-0.05, 0) is 45.0 Å². The number of hydrogen-bond acceptors (Lipinski definition) is 4. The Morgan fingerprint density at radius 1 is 1.04 bits per heavy atom. The number of benzene rings is 1. The first kappa shape index (κ1) is 17.5. The van der Waals surface area contributed by atoms with Crippen LogP contribution in [0.5, 0.6) is 0 Å². The van der Waals surface area contributed by atoms with Gasteiger partial charge in [0.05, 0.1) is 11.0 Å². The Morgan fingerprint density at radius 3 is 2.46 bits per heavy atom. The number of H-pyrrole nitrogens is 1. The smallest absolute Gasteiger partial charge is 0.413 e. The van der Waals surface area contributed by atoms with E-state index in [4.69, 9.17) is 4.74 Å². The number of aromatic amines is 1. The van der Waals surface area contributed by atoms with Crippen molar-refractivity contribution in [1.82, 2.24) is 9.97 Å². The second-order valence-electron chi connectivity index (χ2n) is 6.76. The van der Waals surface area contributed by atoms with Crippen molar-refractivity contribution in [2.24, 2.45) is 0 Å². The minimum atomic E-state index is -0.586. The van der Waals surface area contributed by atoms with Crippen molar-refractivity contribution in [3.8, 4) is 0 Å². The first-order chi connectivity index (χ1) is 12.3. The molecule has 0 aliphatic heterocycles. The first-order valence-electron chi connectivity index (χ1n) is 8.16. The van der Waals surface area contributed by atoms with Crippen LogP contribution in [-0.2, 0) is 4.74 Å². The highest BCUT2D eigenvalue weighted by molar-refractivity contribution is 6.04. The second kappa shape index (κ2) is 6.87. The summed E-state index contributed by atoms with van der Waals surface area (Å²) in [5.74, 6) is 0.673. The Labute approximate surface area is 150 Å². The molecule has 2 aromatic heterocycles. The van der Waals surface area contributed by atoms with E-state index in [1.807, 2.05) is 6.07 Å². The van der Waals surface area contributed by atoms with Gasteiger partial charge in [0.1, 0.15) is 17.2 Å². The predicted octanol–water partition coefficient (Wildman–Crippen LogP) is 4.16. The molecule has 0 atom stereocenters. The molecule has 0 fully saturated rings. The number of aromatic nitrogens is 2. The molecule has 7 heteroatoms. The van der Waals surface area contributed by atoms with E-state index in [9.17, 15) is 9.59 Å². The van der Waals surface area contributed by atoms with Crippen molar-refractivity contribution in [1.29, 1.82) is 0 Å². The highest BCUT2D eigenvalue weighted by Crippen LogP contribution is 2.20. The van der Waals surface area contributed by atoms with Gasteiger partial charge in [0.15, 0.2) is 0 Å². The quantitative estimate of drug-likeness (QED) is 0.659. The monoisotopic (exact) mass is 352 g/mol. The van der Waals surface area contributed by atoms with Crippen LogP contribution in [-0.4, -0.2) is 27.6 Å². The average Bonchev–Trinajstić information content (AvgIpc) is 2.95. The number of anilines is 2. The zero-order valence-electron chi connectivity index (χ0n) is 14.8. The Kier molecular flexibility index (Phi) is 4.62. The third-order valence-corrected chi connectivity index (χ3v) is 3.39. The zero-order valence-corrected chi connectivity index (χ0v) is 14.8. The number of amides is 2. The van der Waals surface area contributed by atoms with Gasteiger partial charge >= 0.3 is 6.09 Å². The number of nitrogens with one attached hydrogen (secondary N) is 3. The molecule has 3 rings (SSSR count). The molecule has 0 saturated carbocycles. The van der Waals surface area contributed by atoms with E-state index in [0.717, 1.165) is 5.52 Å². The van der Waals surface area contributed by atoms with Gasteiger partial charge in [-0.15, -0.1) is 0 Å². The molecule has 0 bridgehead atoms. The zero-order chi connectivity index (χ0) is 18.7. The number of hydrogen-bond donors (Lipinski definition) is 3. The maximum Gasteiger partial charge on any atom is 0.413 e. The van der Waals surface area contributed by atoms with Crippen LogP contribution in [0.15, 0.2) is 48.5 Å². The Morgan fingerprint density at radius 2 is 1.77 bits per heavy atom. The maximum atomic E-state index is 12.2. The van der Waals surface area contributed by atoms with Crippen LogP contribution in [0.2, 0.25) is 0 Å². The molecule has 3 aromatic rings. The van der Waals surface area contributed by atoms with Gasteiger partial charge in [-0.1, -0.05) is 18.2 Å². The fourth-order valence-corrected chi connectivity index (χ4v) is 2.34. The summed E-state index contributed by atoms with van der Waals surface area (Å²) in [4.78, 5) is 31.5. The van der Waals surface area contributed by atoms with Crippen LogP contribution >= 0.6 is 0 Å². The summed E-state index contributed by atoms with van der Waals surface area (Å²) < 4.78 is 5.21. The lowest BCUT2D eigenvalue weighted by Gasteiger charge is -2.19. The highest BCUT2D eigenvalue weighted by atomic mass is 16.6. The summed E-state index contributed by atoms with van der Waals surface area (Å²) in [6.45, 7) is 5.37. The first-order valence-corrected chi connectivity index (χ1v) is 8.16. The molecule has 0 saturated heterocycles. The van der Waals surface area contributed by atoms with Crippen LogP contribution < -0.4 is 10.6 Å². The van der Waals surface area contributed by atoms with Crippen molar-refractivity contribution < 1.29 is 14.3 Å². The number of carbonyl (C=O) groups excluding carboxylic acids is 2. The average molecular weight is 352 g/mol. The van der Waals surface area contributed by atoms with E-state index in [1.165, 1.54) is 0 Å². The number of nitrogens with zero attached hydrogens (tertiary/aromatic N) is 1. The molecular formula is C19H20N4O3. The van der Waals surface area contributed by atoms with Crippen molar-refractivity contribution in [2.45, 2.75) is 26.4 Å². The number of pyridine rings is 1. The van der Waals surface area contributed by atoms with Crippen LogP contribution in [0.1, 0.15) is 31.1 Å². The molecule has 2 amide bonds. The van der Waals surface area contributed by atoms with Crippen molar-refractivity contribution in [2.75, 3.05) is 10.6 Å². The molecule has 26 heavy (non-hydrogen) atoms. The molecule has 134 valence electrons. The predicted molar refractivity (Wildman–Crippen MR) is 100 cm³/mol. The molecule has 0 radical (unpaired) electrons. The van der Waals surface area contributed by atoms with E-state index in [-0.39, 0.29) is 5.91 Å². The van der Waals surface area contributed by atoms with Crippen LogP contribution in [0.25, 0.3) is 11.0 Å². The molecule has 1 aromatic carbocycles. The molecule has 0 aliphatic carbocycles. The molecule has 7 nitrogen and oxygen atoms in total. The van der Waals surface area contributed by atoms with Gasteiger partial charge in [0, 0.05) is 11.6 Å². The SMILES string of the molecule is CC(C)(C)OC(=O)Nc1ccc2[nH]c(NC(=O)c3ccccc3)cc2n1. The normalized spacial score (nSPS) is 11.2.